The Balaban J connectivity index is 1.55. The lowest BCUT2D eigenvalue weighted by Gasteiger charge is -2.18. The van der Waals surface area contributed by atoms with E-state index >= 15 is 0 Å². The number of para-hydroxylation sites is 1. The zero-order valence-corrected chi connectivity index (χ0v) is 19.3. The minimum absolute atomic E-state index is 0.145. The van der Waals surface area contributed by atoms with Crippen molar-refractivity contribution in [2.24, 2.45) is 0 Å². The van der Waals surface area contributed by atoms with Crippen molar-refractivity contribution in [2.45, 2.75) is 12.5 Å². The Bertz CT molecular complexity index is 1450. The van der Waals surface area contributed by atoms with Crippen molar-refractivity contribution in [2.75, 3.05) is 6.61 Å². The van der Waals surface area contributed by atoms with Crippen LogP contribution in [-0.2, 0) is 6.42 Å². The van der Waals surface area contributed by atoms with Gasteiger partial charge in [0.25, 0.3) is 5.91 Å². The molecule has 0 fully saturated rings. The molecule has 0 aliphatic rings. The van der Waals surface area contributed by atoms with E-state index in [4.69, 9.17) is 4.98 Å². The minimum atomic E-state index is -0.392. The van der Waals surface area contributed by atoms with Gasteiger partial charge in [0.15, 0.2) is 0 Å². The Morgan fingerprint density at radius 3 is 2.14 bits per heavy atom. The van der Waals surface area contributed by atoms with E-state index in [1.54, 1.807) is 0 Å². The van der Waals surface area contributed by atoms with Gasteiger partial charge in [-0.2, -0.15) is 0 Å². The summed E-state index contributed by atoms with van der Waals surface area (Å²) in [7, 11) is 0. The molecule has 0 bridgehead atoms. The van der Waals surface area contributed by atoms with Crippen LogP contribution < -0.4 is 5.32 Å². The molecule has 1 aromatic heterocycles. The molecule has 0 radical (unpaired) electrons. The van der Waals surface area contributed by atoms with Crippen molar-refractivity contribution in [1.82, 2.24) is 10.3 Å². The van der Waals surface area contributed by atoms with Crippen LogP contribution in [0.5, 0.6) is 0 Å². The first-order valence-corrected chi connectivity index (χ1v) is 11.7. The van der Waals surface area contributed by atoms with Gasteiger partial charge in [-0.15, -0.1) is 0 Å². The molecule has 2 N–H and O–H groups in total. The minimum Gasteiger partial charge on any atom is -0.394 e. The highest BCUT2D eigenvalue weighted by Gasteiger charge is 2.19. The van der Waals surface area contributed by atoms with Crippen LogP contribution in [0.1, 0.15) is 15.9 Å². The van der Waals surface area contributed by atoms with E-state index in [-0.39, 0.29) is 12.5 Å². The van der Waals surface area contributed by atoms with Crippen LogP contribution in [0.2, 0.25) is 0 Å². The molecule has 0 saturated carbocycles. The molecule has 0 saturated heterocycles. The van der Waals surface area contributed by atoms with Gasteiger partial charge in [0.05, 0.1) is 29.4 Å². The summed E-state index contributed by atoms with van der Waals surface area (Å²) in [6.07, 6.45) is 0.551. The topological polar surface area (TPSA) is 62.2 Å². The second-order valence-electron chi connectivity index (χ2n) is 8.53. The number of aliphatic hydroxyl groups excluding tert-OH is 1. The van der Waals surface area contributed by atoms with E-state index in [9.17, 15) is 9.90 Å². The van der Waals surface area contributed by atoms with Crippen LogP contribution in [0.4, 0.5) is 0 Å². The number of hydrogen-bond donors (Lipinski definition) is 2. The third kappa shape index (κ3) is 4.98. The second-order valence-corrected chi connectivity index (χ2v) is 8.53. The Hall–Kier alpha value is -4.28. The van der Waals surface area contributed by atoms with Crippen LogP contribution in [0.15, 0.2) is 115 Å². The van der Waals surface area contributed by atoms with Crippen molar-refractivity contribution < 1.29 is 9.90 Å². The SMILES string of the molecule is O=C(NC(CO)Cc1ccccc1)c1cc(-c2ccccc2-c2ccccc2)nc2ccccc12. The molecule has 5 rings (SSSR count). The summed E-state index contributed by atoms with van der Waals surface area (Å²) in [6, 6.07) is 37.3. The molecule has 172 valence electrons. The number of aromatic nitrogens is 1. The average molecular weight is 459 g/mol. The van der Waals surface area contributed by atoms with Crippen molar-refractivity contribution in [3.05, 3.63) is 126 Å². The lowest BCUT2D eigenvalue weighted by molar-refractivity contribution is 0.0918. The van der Waals surface area contributed by atoms with Gasteiger partial charge in [-0.3, -0.25) is 4.79 Å². The zero-order chi connectivity index (χ0) is 24.0. The number of pyridine rings is 1. The highest BCUT2D eigenvalue weighted by molar-refractivity contribution is 6.07. The fourth-order valence-corrected chi connectivity index (χ4v) is 4.40. The largest absolute Gasteiger partial charge is 0.394 e. The van der Waals surface area contributed by atoms with Gasteiger partial charge in [0.2, 0.25) is 0 Å². The number of carbonyl (C=O) groups excluding carboxylic acids is 1. The third-order valence-corrected chi connectivity index (χ3v) is 6.13. The molecular formula is C31H26N2O2. The molecule has 5 aromatic rings. The van der Waals surface area contributed by atoms with E-state index in [1.165, 1.54) is 0 Å². The maximum atomic E-state index is 13.5. The van der Waals surface area contributed by atoms with Gasteiger partial charge < -0.3 is 10.4 Å². The van der Waals surface area contributed by atoms with Gasteiger partial charge in [0, 0.05) is 10.9 Å². The summed E-state index contributed by atoms with van der Waals surface area (Å²) in [6.45, 7) is -0.145. The van der Waals surface area contributed by atoms with Gasteiger partial charge in [-0.1, -0.05) is 103 Å². The number of aliphatic hydroxyl groups is 1. The van der Waals surface area contributed by atoms with Gasteiger partial charge in [0.1, 0.15) is 0 Å². The Morgan fingerprint density at radius 2 is 1.40 bits per heavy atom. The zero-order valence-electron chi connectivity index (χ0n) is 19.3. The van der Waals surface area contributed by atoms with Gasteiger partial charge in [-0.25, -0.2) is 4.98 Å². The van der Waals surface area contributed by atoms with Gasteiger partial charge in [-0.05, 0) is 35.2 Å². The maximum Gasteiger partial charge on any atom is 0.252 e. The molecule has 0 aliphatic heterocycles. The number of hydrogen-bond acceptors (Lipinski definition) is 3. The molecule has 1 atom stereocenters. The van der Waals surface area contributed by atoms with E-state index in [1.807, 2.05) is 97.1 Å². The number of benzene rings is 4. The van der Waals surface area contributed by atoms with E-state index in [2.05, 4.69) is 23.5 Å². The van der Waals surface area contributed by atoms with Crippen LogP contribution in [0, 0.1) is 0 Å². The predicted octanol–water partition coefficient (Wildman–Crippen LogP) is 5.90. The van der Waals surface area contributed by atoms with Crippen molar-refractivity contribution in [1.29, 1.82) is 0 Å². The molecule has 4 nitrogen and oxygen atoms in total. The Morgan fingerprint density at radius 1 is 0.771 bits per heavy atom. The van der Waals surface area contributed by atoms with Crippen LogP contribution in [0.3, 0.4) is 0 Å². The Kier molecular flexibility index (Phi) is 6.64. The van der Waals surface area contributed by atoms with Crippen molar-refractivity contribution in [3.8, 4) is 22.4 Å². The third-order valence-electron chi connectivity index (χ3n) is 6.13. The predicted molar refractivity (Wildman–Crippen MR) is 141 cm³/mol. The fraction of sp³-hybridized carbons (Fsp3) is 0.0968. The number of rotatable bonds is 7. The molecular weight excluding hydrogens is 432 g/mol. The number of nitrogens with zero attached hydrogens (tertiary/aromatic N) is 1. The highest BCUT2D eigenvalue weighted by Crippen LogP contribution is 2.33. The molecule has 35 heavy (non-hydrogen) atoms. The van der Waals surface area contributed by atoms with Crippen molar-refractivity contribution in [3.63, 3.8) is 0 Å². The molecule has 1 unspecified atom stereocenters. The van der Waals surface area contributed by atoms with Crippen molar-refractivity contribution >= 4 is 16.8 Å². The molecule has 1 amide bonds. The molecule has 0 aliphatic carbocycles. The normalized spacial score (nSPS) is 11.8. The van der Waals surface area contributed by atoms with E-state index in [0.29, 0.717) is 12.0 Å². The lowest BCUT2D eigenvalue weighted by atomic mass is 9.95. The first-order chi connectivity index (χ1) is 17.2. The number of amides is 1. The number of fused-ring (bicyclic) bond motifs is 1. The summed E-state index contributed by atoms with van der Waals surface area (Å²) in [4.78, 5) is 18.4. The molecule has 0 spiro atoms. The van der Waals surface area contributed by atoms with E-state index in [0.717, 1.165) is 38.9 Å². The summed E-state index contributed by atoms with van der Waals surface area (Å²) < 4.78 is 0. The average Bonchev–Trinajstić information content (AvgIpc) is 2.93. The molecule has 4 aromatic carbocycles. The monoisotopic (exact) mass is 458 g/mol. The quantitative estimate of drug-likeness (QED) is 0.319. The smallest absolute Gasteiger partial charge is 0.252 e. The van der Waals surface area contributed by atoms with E-state index < -0.39 is 6.04 Å². The Labute approximate surface area is 204 Å². The maximum absolute atomic E-state index is 13.5. The summed E-state index contributed by atoms with van der Waals surface area (Å²) in [5.41, 5.74) is 6.19. The fourth-order valence-electron chi connectivity index (χ4n) is 4.40. The number of nitrogens with one attached hydrogen (secondary N) is 1. The van der Waals surface area contributed by atoms with Crippen LogP contribution in [0.25, 0.3) is 33.3 Å². The summed E-state index contributed by atoms with van der Waals surface area (Å²) in [5.74, 6) is -0.225. The second kappa shape index (κ2) is 10.3. The summed E-state index contributed by atoms with van der Waals surface area (Å²) in [5, 5.41) is 13.8. The highest BCUT2D eigenvalue weighted by atomic mass is 16.3. The molecule has 4 heteroatoms. The number of carbonyl (C=O) groups is 1. The lowest BCUT2D eigenvalue weighted by Crippen LogP contribution is -2.39. The van der Waals surface area contributed by atoms with Gasteiger partial charge >= 0.3 is 0 Å². The van der Waals surface area contributed by atoms with Crippen LogP contribution in [-0.4, -0.2) is 28.6 Å². The molecule has 1 heterocycles. The van der Waals surface area contributed by atoms with Crippen LogP contribution >= 0.6 is 0 Å². The summed E-state index contributed by atoms with van der Waals surface area (Å²) >= 11 is 0. The first kappa shape index (κ1) is 22.5. The standard InChI is InChI=1S/C31H26N2O2/c34-21-24(19-22-11-3-1-4-12-22)32-31(35)28-20-30(33-29-18-10-9-17-27(28)29)26-16-8-7-15-25(26)23-13-5-2-6-14-23/h1-18,20,24,34H,19,21H2,(H,32,35). The first-order valence-electron chi connectivity index (χ1n) is 11.7.